The van der Waals surface area contributed by atoms with Gasteiger partial charge in [0.15, 0.2) is 0 Å². The molecule has 0 spiro atoms. The third kappa shape index (κ3) is 4.19. The average molecular weight is 281 g/mol. The van der Waals surface area contributed by atoms with E-state index < -0.39 is 0 Å². The van der Waals surface area contributed by atoms with Crippen molar-refractivity contribution in [3.8, 4) is 0 Å². The molecule has 2 N–H and O–H groups in total. The van der Waals surface area contributed by atoms with E-state index in [2.05, 4.69) is 30.6 Å². The number of rotatable bonds is 8. The molecule has 2 fully saturated rings. The van der Waals surface area contributed by atoms with Gasteiger partial charge in [-0.3, -0.25) is 4.90 Å². The van der Waals surface area contributed by atoms with Crippen LogP contribution in [0.15, 0.2) is 0 Å². The molecule has 0 radical (unpaired) electrons. The van der Waals surface area contributed by atoms with Crippen molar-refractivity contribution in [3.05, 3.63) is 0 Å². The molecule has 0 aromatic carbocycles. The molecule has 118 valence electrons. The number of likely N-dealkylation sites (tertiary alicyclic amines) is 1. The van der Waals surface area contributed by atoms with Crippen LogP contribution in [-0.2, 0) is 0 Å². The van der Waals surface area contributed by atoms with Crippen molar-refractivity contribution >= 4 is 0 Å². The lowest BCUT2D eigenvalue weighted by Crippen LogP contribution is -2.60. The van der Waals surface area contributed by atoms with Crippen LogP contribution in [0.3, 0.4) is 0 Å². The maximum absolute atomic E-state index is 6.25. The summed E-state index contributed by atoms with van der Waals surface area (Å²) in [6.45, 7) is 14.0. The van der Waals surface area contributed by atoms with Crippen LogP contribution >= 0.6 is 0 Å². The zero-order chi connectivity index (χ0) is 14.6. The number of nitrogens with two attached hydrogens (primary N) is 1. The zero-order valence-electron chi connectivity index (χ0n) is 13.9. The topological polar surface area (TPSA) is 32.5 Å². The van der Waals surface area contributed by atoms with Crippen LogP contribution in [0.2, 0.25) is 0 Å². The third-order valence-electron chi connectivity index (χ3n) is 5.13. The molecule has 0 bridgehead atoms. The molecule has 3 nitrogen and oxygen atoms in total. The van der Waals surface area contributed by atoms with Gasteiger partial charge < -0.3 is 10.6 Å². The van der Waals surface area contributed by atoms with Crippen molar-refractivity contribution in [2.24, 2.45) is 17.6 Å². The lowest BCUT2D eigenvalue weighted by atomic mass is 9.84. The highest BCUT2D eigenvalue weighted by Gasteiger charge is 2.40. The van der Waals surface area contributed by atoms with Gasteiger partial charge in [-0.05, 0) is 63.6 Å². The van der Waals surface area contributed by atoms with E-state index in [1.165, 1.54) is 64.8 Å². The summed E-state index contributed by atoms with van der Waals surface area (Å²) < 4.78 is 0. The van der Waals surface area contributed by atoms with Crippen LogP contribution in [0.25, 0.3) is 0 Å². The summed E-state index contributed by atoms with van der Waals surface area (Å²) in [7, 11) is 0. The standard InChI is InChI=1S/C17H35N3/c1-4-9-20(13-16-5-6-16)17(14-18)7-10-19(11-8-17)12-15(2)3/h15-16H,4-14,18H2,1-3H3. The van der Waals surface area contributed by atoms with E-state index in [9.17, 15) is 0 Å². The third-order valence-corrected chi connectivity index (χ3v) is 5.13. The molecule has 1 saturated carbocycles. The highest BCUT2D eigenvalue weighted by atomic mass is 15.2. The van der Waals surface area contributed by atoms with E-state index in [1.807, 2.05) is 0 Å². The lowest BCUT2D eigenvalue weighted by Gasteiger charge is -2.49. The van der Waals surface area contributed by atoms with Gasteiger partial charge in [0.05, 0.1) is 0 Å². The van der Waals surface area contributed by atoms with Crippen LogP contribution in [-0.4, -0.2) is 54.6 Å². The second-order valence-corrected chi connectivity index (χ2v) is 7.51. The van der Waals surface area contributed by atoms with Crippen molar-refractivity contribution in [2.45, 2.75) is 58.4 Å². The monoisotopic (exact) mass is 281 g/mol. The van der Waals surface area contributed by atoms with Crippen molar-refractivity contribution in [3.63, 3.8) is 0 Å². The Hall–Kier alpha value is -0.120. The van der Waals surface area contributed by atoms with E-state index >= 15 is 0 Å². The van der Waals surface area contributed by atoms with Crippen LogP contribution in [0, 0.1) is 11.8 Å². The molecular formula is C17H35N3. The Labute approximate surface area is 125 Å². The number of nitrogens with zero attached hydrogens (tertiary/aromatic N) is 2. The molecule has 1 aliphatic heterocycles. The van der Waals surface area contributed by atoms with Crippen molar-refractivity contribution in [2.75, 3.05) is 39.3 Å². The molecule has 3 heteroatoms. The summed E-state index contributed by atoms with van der Waals surface area (Å²) in [5, 5.41) is 0. The Morgan fingerprint density at radius 2 is 1.90 bits per heavy atom. The van der Waals surface area contributed by atoms with Crippen LogP contribution < -0.4 is 5.73 Å². The first-order chi connectivity index (χ1) is 9.59. The Bertz CT molecular complexity index is 278. The summed E-state index contributed by atoms with van der Waals surface area (Å²) in [5.41, 5.74) is 6.55. The van der Waals surface area contributed by atoms with Crippen LogP contribution in [0.5, 0.6) is 0 Å². The molecule has 2 rings (SSSR count). The molecule has 1 saturated heterocycles. The zero-order valence-corrected chi connectivity index (χ0v) is 13.9. The van der Waals surface area contributed by atoms with E-state index in [0.717, 1.165) is 18.4 Å². The van der Waals surface area contributed by atoms with Crippen LogP contribution in [0.4, 0.5) is 0 Å². The minimum absolute atomic E-state index is 0.298. The minimum atomic E-state index is 0.298. The summed E-state index contributed by atoms with van der Waals surface area (Å²) in [5.74, 6) is 1.75. The normalized spacial score (nSPS) is 23.7. The van der Waals surface area contributed by atoms with Gasteiger partial charge in [0.1, 0.15) is 0 Å². The Balaban J connectivity index is 1.93. The fourth-order valence-electron chi connectivity index (χ4n) is 3.72. The minimum Gasteiger partial charge on any atom is -0.329 e. The van der Waals surface area contributed by atoms with Gasteiger partial charge in [0.25, 0.3) is 0 Å². The van der Waals surface area contributed by atoms with Gasteiger partial charge in [0.2, 0.25) is 0 Å². The van der Waals surface area contributed by atoms with E-state index in [4.69, 9.17) is 5.73 Å². The molecule has 0 aromatic heterocycles. The van der Waals surface area contributed by atoms with E-state index in [-0.39, 0.29) is 0 Å². The fourth-order valence-corrected chi connectivity index (χ4v) is 3.72. The summed E-state index contributed by atoms with van der Waals surface area (Å²) in [4.78, 5) is 5.40. The first-order valence-corrected chi connectivity index (χ1v) is 8.77. The van der Waals surface area contributed by atoms with Gasteiger partial charge >= 0.3 is 0 Å². The molecule has 1 aliphatic carbocycles. The first-order valence-electron chi connectivity index (χ1n) is 8.77. The second kappa shape index (κ2) is 7.24. The average Bonchev–Trinajstić information content (AvgIpc) is 3.23. The predicted octanol–water partition coefficient (Wildman–Crippen LogP) is 2.56. The van der Waals surface area contributed by atoms with Crippen LogP contribution in [0.1, 0.15) is 52.9 Å². The molecule has 0 aromatic rings. The first kappa shape index (κ1) is 16.3. The molecule has 1 heterocycles. The summed E-state index contributed by atoms with van der Waals surface area (Å²) >= 11 is 0. The van der Waals surface area contributed by atoms with Crippen molar-refractivity contribution in [1.82, 2.24) is 9.80 Å². The van der Waals surface area contributed by atoms with E-state index in [0.29, 0.717) is 5.54 Å². The fraction of sp³-hybridized carbons (Fsp3) is 1.00. The maximum Gasteiger partial charge on any atom is 0.0356 e. The van der Waals surface area contributed by atoms with Crippen molar-refractivity contribution < 1.29 is 0 Å². The Morgan fingerprint density at radius 1 is 1.25 bits per heavy atom. The molecule has 0 atom stereocenters. The van der Waals surface area contributed by atoms with Gasteiger partial charge in [0, 0.05) is 25.2 Å². The van der Waals surface area contributed by atoms with Gasteiger partial charge in [-0.15, -0.1) is 0 Å². The van der Waals surface area contributed by atoms with Gasteiger partial charge in [-0.1, -0.05) is 20.8 Å². The molecule has 0 amide bonds. The molecular weight excluding hydrogens is 246 g/mol. The lowest BCUT2D eigenvalue weighted by molar-refractivity contribution is 0.0203. The largest absolute Gasteiger partial charge is 0.329 e. The number of hydrogen-bond donors (Lipinski definition) is 1. The molecule has 20 heavy (non-hydrogen) atoms. The quantitative estimate of drug-likeness (QED) is 0.742. The number of hydrogen-bond acceptors (Lipinski definition) is 3. The molecule has 2 aliphatic rings. The Morgan fingerprint density at radius 3 is 2.35 bits per heavy atom. The van der Waals surface area contributed by atoms with Gasteiger partial charge in [-0.25, -0.2) is 0 Å². The highest BCUT2D eigenvalue weighted by Crippen LogP contribution is 2.35. The van der Waals surface area contributed by atoms with Crippen molar-refractivity contribution in [1.29, 1.82) is 0 Å². The SMILES string of the molecule is CCCN(CC1CC1)C1(CN)CCN(CC(C)C)CC1. The maximum atomic E-state index is 6.25. The predicted molar refractivity (Wildman–Crippen MR) is 86.9 cm³/mol. The van der Waals surface area contributed by atoms with Gasteiger partial charge in [-0.2, -0.15) is 0 Å². The molecule has 0 unspecified atom stereocenters. The summed E-state index contributed by atoms with van der Waals surface area (Å²) in [6, 6.07) is 0. The number of piperidine rings is 1. The Kier molecular flexibility index (Phi) is 5.88. The smallest absolute Gasteiger partial charge is 0.0356 e. The second-order valence-electron chi connectivity index (χ2n) is 7.51. The highest BCUT2D eigenvalue weighted by molar-refractivity contribution is 4.98. The van der Waals surface area contributed by atoms with E-state index in [1.54, 1.807) is 0 Å². The summed E-state index contributed by atoms with van der Waals surface area (Å²) in [6.07, 6.45) is 6.68.